The first-order valence-corrected chi connectivity index (χ1v) is 6.13. The van der Waals surface area contributed by atoms with E-state index in [1.165, 1.54) is 18.2 Å². The van der Waals surface area contributed by atoms with Gasteiger partial charge in [-0.1, -0.05) is 12.1 Å². The predicted molar refractivity (Wildman–Crippen MR) is 68.2 cm³/mol. The molecule has 7 heteroatoms. The highest BCUT2D eigenvalue weighted by atomic mass is 19.4. The van der Waals surface area contributed by atoms with E-state index in [0.29, 0.717) is 0 Å². The van der Waals surface area contributed by atoms with E-state index in [-0.39, 0.29) is 31.2 Å². The quantitative estimate of drug-likeness (QED) is 0.841. The minimum atomic E-state index is -4.47. The molecule has 1 unspecified atom stereocenters. The fraction of sp³-hybridized carbons (Fsp3) is 0.462. The second-order valence-electron chi connectivity index (χ2n) is 4.31. The summed E-state index contributed by atoms with van der Waals surface area (Å²) in [5, 5.41) is 2.58. The fourth-order valence-electron chi connectivity index (χ4n) is 1.56. The van der Waals surface area contributed by atoms with Crippen LogP contribution in [0.25, 0.3) is 0 Å². The maximum Gasteiger partial charge on any atom is 0.419 e. The summed E-state index contributed by atoms with van der Waals surface area (Å²) in [7, 11) is 0. The Morgan fingerprint density at radius 3 is 2.65 bits per heavy atom. The van der Waals surface area contributed by atoms with Gasteiger partial charge in [0.05, 0.1) is 11.6 Å². The summed E-state index contributed by atoms with van der Waals surface area (Å²) in [5.74, 6) is -0.507. The molecule has 1 aromatic rings. The van der Waals surface area contributed by atoms with Crippen molar-refractivity contribution in [2.75, 3.05) is 13.2 Å². The van der Waals surface area contributed by atoms with Crippen LogP contribution in [0, 0.1) is 0 Å². The van der Waals surface area contributed by atoms with Gasteiger partial charge in [0.25, 0.3) is 0 Å². The lowest BCUT2D eigenvalue weighted by atomic mass is 10.2. The Labute approximate surface area is 115 Å². The molecule has 0 aliphatic heterocycles. The molecule has 0 saturated heterocycles. The third-order valence-corrected chi connectivity index (χ3v) is 2.46. The normalized spacial score (nSPS) is 12.8. The number of carbonyl (C=O) groups is 1. The van der Waals surface area contributed by atoms with E-state index in [2.05, 4.69) is 5.32 Å². The van der Waals surface area contributed by atoms with E-state index < -0.39 is 17.8 Å². The highest BCUT2D eigenvalue weighted by Crippen LogP contribution is 2.35. The van der Waals surface area contributed by atoms with E-state index in [4.69, 9.17) is 10.5 Å². The highest BCUT2D eigenvalue weighted by Gasteiger charge is 2.34. The van der Waals surface area contributed by atoms with Gasteiger partial charge in [-0.3, -0.25) is 4.79 Å². The van der Waals surface area contributed by atoms with Crippen molar-refractivity contribution in [3.63, 3.8) is 0 Å². The molecule has 1 aromatic carbocycles. The van der Waals surface area contributed by atoms with Crippen molar-refractivity contribution in [3.05, 3.63) is 29.8 Å². The van der Waals surface area contributed by atoms with Crippen LogP contribution in [0.15, 0.2) is 24.3 Å². The molecule has 0 aliphatic carbocycles. The van der Waals surface area contributed by atoms with E-state index >= 15 is 0 Å². The average Bonchev–Trinajstić information content (AvgIpc) is 2.36. The van der Waals surface area contributed by atoms with Gasteiger partial charge in [-0.05, 0) is 19.1 Å². The molecule has 1 amide bonds. The first kappa shape index (κ1) is 16.3. The summed E-state index contributed by atoms with van der Waals surface area (Å²) in [6.45, 7) is 1.81. The number of benzene rings is 1. The third-order valence-electron chi connectivity index (χ3n) is 2.46. The molecule has 4 nitrogen and oxygen atoms in total. The lowest BCUT2D eigenvalue weighted by Crippen LogP contribution is -2.37. The maximum atomic E-state index is 12.7. The molecule has 0 bridgehead atoms. The van der Waals surface area contributed by atoms with E-state index in [9.17, 15) is 18.0 Å². The van der Waals surface area contributed by atoms with Crippen LogP contribution in [0.3, 0.4) is 0 Å². The number of nitrogens with one attached hydrogen (secondary N) is 1. The van der Waals surface area contributed by atoms with Crippen molar-refractivity contribution in [1.82, 2.24) is 5.32 Å². The molecule has 1 rings (SSSR count). The summed E-state index contributed by atoms with van der Waals surface area (Å²) < 4.78 is 43.3. The Bertz CT molecular complexity index is 449. The first-order chi connectivity index (χ1) is 9.34. The summed E-state index contributed by atoms with van der Waals surface area (Å²) in [4.78, 5) is 11.3. The molecule has 0 aliphatic rings. The number of amides is 1. The van der Waals surface area contributed by atoms with Crippen molar-refractivity contribution >= 4 is 5.91 Å². The second-order valence-corrected chi connectivity index (χ2v) is 4.31. The van der Waals surface area contributed by atoms with Gasteiger partial charge in [0, 0.05) is 13.0 Å². The molecule has 0 radical (unpaired) electrons. The van der Waals surface area contributed by atoms with Crippen molar-refractivity contribution in [2.24, 2.45) is 5.73 Å². The number of carbonyl (C=O) groups excluding carboxylic acids is 1. The van der Waals surface area contributed by atoms with Crippen molar-refractivity contribution < 1.29 is 22.7 Å². The topological polar surface area (TPSA) is 64.3 Å². The number of ether oxygens (including phenoxy) is 1. The molecule has 0 spiro atoms. The number of hydrogen-bond acceptors (Lipinski definition) is 3. The van der Waals surface area contributed by atoms with Gasteiger partial charge in [-0.2, -0.15) is 13.2 Å². The first-order valence-electron chi connectivity index (χ1n) is 6.13. The molecule has 0 fully saturated rings. The molecule has 112 valence electrons. The van der Waals surface area contributed by atoms with Crippen LogP contribution in [0.2, 0.25) is 0 Å². The number of para-hydroxylation sites is 1. The second kappa shape index (κ2) is 7.14. The van der Waals surface area contributed by atoms with E-state index in [1.54, 1.807) is 6.92 Å². The predicted octanol–water partition coefficient (Wildman–Crippen LogP) is 1.94. The molecule has 0 aromatic heterocycles. The molecule has 3 N–H and O–H groups in total. The van der Waals surface area contributed by atoms with Gasteiger partial charge in [-0.25, -0.2) is 0 Å². The van der Waals surface area contributed by atoms with Gasteiger partial charge >= 0.3 is 6.18 Å². The largest absolute Gasteiger partial charge is 0.491 e. The standard InChI is InChI=1S/C13H17F3N2O2/c1-9(18-12(19)6-7-17)8-20-11-5-3-2-4-10(11)13(14,15)16/h2-5,9H,6-8,17H2,1H3,(H,18,19). The smallest absolute Gasteiger partial charge is 0.419 e. The van der Waals surface area contributed by atoms with Gasteiger partial charge < -0.3 is 15.8 Å². The van der Waals surface area contributed by atoms with Gasteiger partial charge in [-0.15, -0.1) is 0 Å². The number of rotatable bonds is 6. The lowest BCUT2D eigenvalue weighted by molar-refractivity contribution is -0.139. The van der Waals surface area contributed by atoms with Crippen LogP contribution in [0.5, 0.6) is 5.75 Å². The zero-order valence-corrected chi connectivity index (χ0v) is 11.0. The average molecular weight is 290 g/mol. The monoisotopic (exact) mass is 290 g/mol. The molecule has 0 heterocycles. The van der Waals surface area contributed by atoms with Crippen LogP contribution in [0.1, 0.15) is 18.9 Å². The van der Waals surface area contributed by atoms with Crippen LogP contribution in [-0.4, -0.2) is 25.1 Å². The van der Waals surface area contributed by atoms with E-state index in [0.717, 1.165) is 6.07 Å². The Kier molecular flexibility index (Phi) is 5.82. The lowest BCUT2D eigenvalue weighted by Gasteiger charge is -2.17. The van der Waals surface area contributed by atoms with Gasteiger partial charge in [0.15, 0.2) is 0 Å². The number of hydrogen-bond donors (Lipinski definition) is 2. The molecular weight excluding hydrogens is 273 g/mol. The Balaban J connectivity index is 2.60. The van der Waals surface area contributed by atoms with Crippen molar-refractivity contribution in [3.8, 4) is 5.75 Å². The molecule has 0 saturated carbocycles. The van der Waals surface area contributed by atoms with E-state index in [1.807, 2.05) is 0 Å². The fourth-order valence-corrected chi connectivity index (χ4v) is 1.56. The summed E-state index contributed by atoms with van der Waals surface area (Å²) in [5.41, 5.74) is 4.39. The number of nitrogens with two attached hydrogens (primary N) is 1. The van der Waals surface area contributed by atoms with Gasteiger partial charge in [0.1, 0.15) is 12.4 Å². The SMILES string of the molecule is CC(COc1ccccc1C(F)(F)F)NC(=O)CCN. The minimum Gasteiger partial charge on any atom is -0.491 e. The summed E-state index contributed by atoms with van der Waals surface area (Å²) >= 11 is 0. The number of alkyl halides is 3. The highest BCUT2D eigenvalue weighted by molar-refractivity contribution is 5.76. The zero-order chi connectivity index (χ0) is 15.2. The van der Waals surface area contributed by atoms with Crippen LogP contribution < -0.4 is 15.8 Å². The minimum absolute atomic E-state index is 0.0522. The zero-order valence-electron chi connectivity index (χ0n) is 11.0. The molecule has 20 heavy (non-hydrogen) atoms. The molecular formula is C13H17F3N2O2. The number of halogens is 3. The summed E-state index contributed by atoms with van der Waals surface area (Å²) in [6, 6.07) is 4.55. The Morgan fingerprint density at radius 1 is 1.40 bits per heavy atom. The Morgan fingerprint density at radius 2 is 2.05 bits per heavy atom. The summed E-state index contributed by atoms with van der Waals surface area (Å²) in [6.07, 6.45) is -4.30. The third kappa shape index (κ3) is 5.08. The van der Waals surface area contributed by atoms with Crippen molar-refractivity contribution in [2.45, 2.75) is 25.6 Å². The van der Waals surface area contributed by atoms with Crippen LogP contribution >= 0.6 is 0 Å². The maximum absolute atomic E-state index is 12.7. The van der Waals surface area contributed by atoms with Crippen molar-refractivity contribution in [1.29, 1.82) is 0 Å². The Hall–Kier alpha value is -1.76. The van der Waals surface area contributed by atoms with Gasteiger partial charge in [0.2, 0.25) is 5.91 Å². The molecule has 1 atom stereocenters. The van der Waals surface area contributed by atoms with Crippen LogP contribution in [0.4, 0.5) is 13.2 Å². The van der Waals surface area contributed by atoms with Crippen LogP contribution in [-0.2, 0) is 11.0 Å².